The van der Waals surface area contributed by atoms with Gasteiger partial charge in [0.15, 0.2) is 11.6 Å². The van der Waals surface area contributed by atoms with Crippen LogP contribution in [0.3, 0.4) is 0 Å². The zero-order chi connectivity index (χ0) is 15.4. The summed E-state index contributed by atoms with van der Waals surface area (Å²) in [5, 5.41) is 0. The second kappa shape index (κ2) is 6.87. The van der Waals surface area contributed by atoms with Crippen molar-refractivity contribution < 1.29 is 18.3 Å². The summed E-state index contributed by atoms with van der Waals surface area (Å²) in [6.45, 7) is 4.71. The van der Waals surface area contributed by atoms with Gasteiger partial charge in [0.05, 0.1) is 12.3 Å². The topological polar surface area (TPSA) is 29.5 Å². The van der Waals surface area contributed by atoms with Crippen LogP contribution < -0.4 is 9.64 Å². The number of amides is 1. The van der Waals surface area contributed by atoms with Crippen molar-refractivity contribution >= 4 is 11.6 Å². The van der Waals surface area contributed by atoms with Crippen LogP contribution in [0.15, 0.2) is 12.1 Å². The molecule has 116 valence electrons. The van der Waals surface area contributed by atoms with Crippen molar-refractivity contribution in [2.75, 3.05) is 18.1 Å². The molecule has 1 atom stereocenters. The molecule has 21 heavy (non-hydrogen) atoms. The van der Waals surface area contributed by atoms with Gasteiger partial charge < -0.3 is 9.64 Å². The Morgan fingerprint density at radius 2 is 2.05 bits per heavy atom. The highest BCUT2D eigenvalue weighted by Gasteiger charge is 2.33. The standard InChI is InChI=1S/C16H21F2NO2/c1-3-5-10-21-13-7-6-12(14(17)15(13)18)19-9-8-11(4-2)16(19)20/h6-7,11H,3-5,8-10H2,1-2H3. The molecule has 1 aromatic rings. The molecule has 1 aromatic carbocycles. The maximum Gasteiger partial charge on any atom is 0.230 e. The van der Waals surface area contributed by atoms with Gasteiger partial charge >= 0.3 is 0 Å². The first-order valence-electron chi connectivity index (χ1n) is 7.52. The zero-order valence-corrected chi connectivity index (χ0v) is 12.5. The van der Waals surface area contributed by atoms with E-state index in [1.807, 2.05) is 13.8 Å². The summed E-state index contributed by atoms with van der Waals surface area (Å²) in [7, 11) is 0. The quantitative estimate of drug-likeness (QED) is 0.745. The normalized spacial score (nSPS) is 18.4. The molecule has 2 rings (SSSR count). The third-order valence-electron chi connectivity index (χ3n) is 3.88. The van der Waals surface area contributed by atoms with Crippen LogP contribution >= 0.6 is 0 Å². The molecule has 1 amide bonds. The van der Waals surface area contributed by atoms with Crippen LogP contribution in [0.5, 0.6) is 5.75 Å². The Morgan fingerprint density at radius 3 is 2.67 bits per heavy atom. The van der Waals surface area contributed by atoms with Crippen LogP contribution in [-0.2, 0) is 4.79 Å². The molecule has 3 nitrogen and oxygen atoms in total. The Bertz CT molecular complexity index is 519. The van der Waals surface area contributed by atoms with E-state index in [9.17, 15) is 13.6 Å². The molecule has 1 heterocycles. The van der Waals surface area contributed by atoms with Gasteiger partial charge in [-0.15, -0.1) is 0 Å². The Balaban J connectivity index is 2.19. The number of hydrogen-bond acceptors (Lipinski definition) is 2. The summed E-state index contributed by atoms with van der Waals surface area (Å²) in [5.74, 6) is -2.34. The highest BCUT2D eigenvalue weighted by Crippen LogP contribution is 2.33. The van der Waals surface area contributed by atoms with Crippen molar-refractivity contribution in [3.8, 4) is 5.75 Å². The Hall–Kier alpha value is -1.65. The fourth-order valence-electron chi connectivity index (χ4n) is 2.52. The van der Waals surface area contributed by atoms with E-state index in [1.54, 1.807) is 0 Å². The number of carbonyl (C=O) groups excluding carboxylic acids is 1. The minimum Gasteiger partial charge on any atom is -0.490 e. The molecular weight excluding hydrogens is 276 g/mol. The number of nitrogens with zero attached hydrogens (tertiary/aromatic N) is 1. The number of anilines is 1. The van der Waals surface area contributed by atoms with Crippen molar-refractivity contribution in [3.05, 3.63) is 23.8 Å². The van der Waals surface area contributed by atoms with Gasteiger partial charge in [-0.1, -0.05) is 20.3 Å². The lowest BCUT2D eigenvalue weighted by atomic mass is 10.1. The summed E-state index contributed by atoms with van der Waals surface area (Å²) in [6.07, 6.45) is 3.11. The molecule has 1 fully saturated rings. The predicted molar refractivity (Wildman–Crippen MR) is 77.5 cm³/mol. The summed E-state index contributed by atoms with van der Waals surface area (Å²) in [6, 6.07) is 2.82. The van der Waals surface area contributed by atoms with Gasteiger partial charge in [-0.2, -0.15) is 4.39 Å². The number of carbonyl (C=O) groups is 1. The van der Waals surface area contributed by atoms with E-state index >= 15 is 0 Å². The van der Waals surface area contributed by atoms with Gasteiger partial charge in [-0.3, -0.25) is 4.79 Å². The summed E-state index contributed by atoms with van der Waals surface area (Å²) >= 11 is 0. The predicted octanol–water partition coefficient (Wildman–Crippen LogP) is 3.91. The van der Waals surface area contributed by atoms with Crippen molar-refractivity contribution in [3.63, 3.8) is 0 Å². The molecule has 0 N–H and O–H groups in total. The molecule has 5 heteroatoms. The van der Waals surface area contributed by atoms with Crippen molar-refractivity contribution in [2.24, 2.45) is 5.92 Å². The number of ether oxygens (including phenoxy) is 1. The van der Waals surface area contributed by atoms with E-state index in [2.05, 4.69) is 0 Å². The molecule has 0 spiro atoms. The fourth-order valence-corrected chi connectivity index (χ4v) is 2.52. The average molecular weight is 297 g/mol. The van der Waals surface area contributed by atoms with Crippen LogP contribution in [0.1, 0.15) is 39.5 Å². The van der Waals surface area contributed by atoms with Crippen molar-refractivity contribution in [1.29, 1.82) is 0 Å². The summed E-state index contributed by atoms with van der Waals surface area (Å²) < 4.78 is 33.4. The largest absolute Gasteiger partial charge is 0.490 e. The van der Waals surface area contributed by atoms with Crippen LogP contribution in [0.25, 0.3) is 0 Å². The number of unbranched alkanes of at least 4 members (excludes halogenated alkanes) is 1. The lowest BCUT2D eigenvalue weighted by Gasteiger charge is -2.18. The molecule has 0 radical (unpaired) electrons. The first-order chi connectivity index (χ1) is 10.1. The van der Waals surface area contributed by atoms with Crippen LogP contribution in [-0.4, -0.2) is 19.1 Å². The Labute approximate surface area is 123 Å². The maximum absolute atomic E-state index is 14.2. The Morgan fingerprint density at radius 1 is 1.29 bits per heavy atom. The van der Waals surface area contributed by atoms with Crippen molar-refractivity contribution in [2.45, 2.75) is 39.5 Å². The van der Waals surface area contributed by atoms with Gasteiger partial charge in [0, 0.05) is 12.5 Å². The average Bonchev–Trinajstić information content (AvgIpc) is 2.85. The lowest BCUT2D eigenvalue weighted by molar-refractivity contribution is -0.120. The number of hydrogen-bond donors (Lipinski definition) is 0. The molecule has 0 saturated carbocycles. The van der Waals surface area contributed by atoms with Gasteiger partial charge in [0.25, 0.3) is 0 Å². The molecule has 1 unspecified atom stereocenters. The van der Waals surface area contributed by atoms with Gasteiger partial charge in [-0.25, -0.2) is 4.39 Å². The molecule has 0 aromatic heterocycles. The third kappa shape index (κ3) is 3.17. The van der Waals surface area contributed by atoms with Gasteiger partial charge in [-0.05, 0) is 31.4 Å². The van der Waals surface area contributed by atoms with Crippen molar-refractivity contribution in [1.82, 2.24) is 0 Å². The molecular formula is C16H21F2NO2. The van der Waals surface area contributed by atoms with E-state index < -0.39 is 11.6 Å². The SMILES string of the molecule is CCCCOc1ccc(N2CCC(CC)C2=O)c(F)c1F. The first kappa shape index (κ1) is 15.7. The van der Waals surface area contributed by atoms with Crippen LogP contribution in [0.2, 0.25) is 0 Å². The number of rotatable bonds is 6. The van der Waals surface area contributed by atoms with Crippen LogP contribution in [0, 0.1) is 17.6 Å². The van der Waals surface area contributed by atoms with E-state index in [1.165, 1.54) is 17.0 Å². The monoisotopic (exact) mass is 297 g/mol. The fraction of sp³-hybridized carbons (Fsp3) is 0.562. The minimum absolute atomic E-state index is 0.0105. The van der Waals surface area contributed by atoms with E-state index in [-0.39, 0.29) is 23.3 Å². The molecule has 1 saturated heterocycles. The molecule has 0 bridgehead atoms. The Kier molecular flexibility index (Phi) is 5.15. The maximum atomic E-state index is 14.2. The zero-order valence-electron chi connectivity index (χ0n) is 12.5. The third-order valence-corrected chi connectivity index (χ3v) is 3.88. The van der Waals surface area contributed by atoms with E-state index in [0.29, 0.717) is 19.6 Å². The number of halogens is 2. The number of benzene rings is 1. The highest BCUT2D eigenvalue weighted by molar-refractivity contribution is 5.97. The first-order valence-corrected chi connectivity index (χ1v) is 7.52. The summed E-state index contributed by atoms with van der Waals surface area (Å²) in [5.41, 5.74) is 0.0105. The van der Waals surface area contributed by atoms with E-state index in [4.69, 9.17) is 4.74 Å². The smallest absolute Gasteiger partial charge is 0.230 e. The summed E-state index contributed by atoms with van der Waals surface area (Å²) in [4.78, 5) is 13.4. The second-order valence-electron chi connectivity index (χ2n) is 5.30. The minimum atomic E-state index is -1.02. The molecule has 1 aliphatic heterocycles. The molecule has 0 aliphatic carbocycles. The van der Waals surface area contributed by atoms with Gasteiger partial charge in [0.1, 0.15) is 0 Å². The lowest BCUT2D eigenvalue weighted by Crippen LogP contribution is -2.28. The van der Waals surface area contributed by atoms with Crippen LogP contribution in [0.4, 0.5) is 14.5 Å². The second-order valence-corrected chi connectivity index (χ2v) is 5.30. The van der Waals surface area contributed by atoms with Gasteiger partial charge in [0.2, 0.25) is 11.7 Å². The van der Waals surface area contributed by atoms with E-state index in [0.717, 1.165) is 19.3 Å². The molecule has 1 aliphatic rings. The highest BCUT2D eigenvalue weighted by atomic mass is 19.2.